The van der Waals surface area contributed by atoms with Gasteiger partial charge < -0.3 is 10.4 Å². The van der Waals surface area contributed by atoms with Crippen LogP contribution in [0.15, 0.2) is 36.5 Å². The van der Waals surface area contributed by atoms with Gasteiger partial charge in [0.1, 0.15) is 0 Å². The number of aliphatic hydroxyl groups excluding tert-OH is 1. The zero-order valence-corrected chi connectivity index (χ0v) is 10.1. The van der Waals surface area contributed by atoms with Crippen molar-refractivity contribution in [3.05, 3.63) is 42.1 Å². The summed E-state index contributed by atoms with van der Waals surface area (Å²) >= 11 is 0. The van der Waals surface area contributed by atoms with E-state index in [1.54, 1.807) is 6.20 Å². The first-order valence-electron chi connectivity index (χ1n) is 6.04. The van der Waals surface area contributed by atoms with Crippen molar-refractivity contribution in [2.45, 2.75) is 19.4 Å². The first kappa shape index (κ1) is 12.0. The summed E-state index contributed by atoms with van der Waals surface area (Å²) in [5.41, 5.74) is 1.85. The number of pyridine rings is 1. The van der Waals surface area contributed by atoms with Crippen molar-refractivity contribution in [3.8, 4) is 0 Å². The molecule has 1 aromatic carbocycles. The number of rotatable bonds is 5. The van der Waals surface area contributed by atoms with Crippen LogP contribution in [0.3, 0.4) is 0 Å². The second kappa shape index (κ2) is 5.75. The predicted octanol–water partition coefficient (Wildman–Crippen LogP) is 2.27. The third kappa shape index (κ3) is 3.02. The SMILES string of the molecule is CCCNCC(O)c1ccc2cccnc2c1. The Hall–Kier alpha value is -1.45. The summed E-state index contributed by atoms with van der Waals surface area (Å²) in [6.07, 6.45) is 2.38. The van der Waals surface area contributed by atoms with E-state index in [2.05, 4.69) is 17.2 Å². The minimum absolute atomic E-state index is 0.465. The average Bonchev–Trinajstić information content (AvgIpc) is 2.38. The van der Waals surface area contributed by atoms with Gasteiger partial charge in [-0.1, -0.05) is 25.1 Å². The van der Waals surface area contributed by atoms with Crippen molar-refractivity contribution in [2.24, 2.45) is 0 Å². The van der Waals surface area contributed by atoms with E-state index in [-0.39, 0.29) is 0 Å². The van der Waals surface area contributed by atoms with E-state index in [0.717, 1.165) is 29.4 Å². The molecule has 0 spiro atoms. The molecule has 0 radical (unpaired) electrons. The number of hydrogen-bond donors (Lipinski definition) is 2. The maximum absolute atomic E-state index is 10.0. The molecule has 0 fully saturated rings. The average molecular weight is 230 g/mol. The summed E-state index contributed by atoms with van der Waals surface area (Å²) in [5.74, 6) is 0. The van der Waals surface area contributed by atoms with Crippen molar-refractivity contribution >= 4 is 10.9 Å². The van der Waals surface area contributed by atoms with Gasteiger partial charge in [0.15, 0.2) is 0 Å². The summed E-state index contributed by atoms with van der Waals surface area (Å²) in [4.78, 5) is 4.29. The Bertz CT molecular complexity index is 484. The molecule has 0 aliphatic carbocycles. The molecule has 0 amide bonds. The maximum atomic E-state index is 10.0. The van der Waals surface area contributed by atoms with Crippen LogP contribution in [0, 0.1) is 0 Å². The smallest absolute Gasteiger partial charge is 0.0915 e. The Kier molecular flexibility index (Phi) is 4.07. The lowest BCUT2D eigenvalue weighted by Crippen LogP contribution is -2.22. The summed E-state index contributed by atoms with van der Waals surface area (Å²) < 4.78 is 0. The number of aromatic nitrogens is 1. The minimum Gasteiger partial charge on any atom is -0.387 e. The second-order valence-electron chi connectivity index (χ2n) is 4.18. The predicted molar refractivity (Wildman–Crippen MR) is 69.9 cm³/mol. The summed E-state index contributed by atoms with van der Waals surface area (Å²) in [5, 5.41) is 14.3. The van der Waals surface area contributed by atoms with E-state index in [1.165, 1.54) is 0 Å². The Morgan fingerprint density at radius 3 is 3.06 bits per heavy atom. The van der Waals surface area contributed by atoms with Gasteiger partial charge in [-0.05, 0) is 30.7 Å². The third-order valence-corrected chi connectivity index (χ3v) is 2.78. The Labute approximate surface area is 102 Å². The molecule has 2 aromatic rings. The van der Waals surface area contributed by atoms with Crippen molar-refractivity contribution in [2.75, 3.05) is 13.1 Å². The molecule has 2 rings (SSSR count). The lowest BCUT2D eigenvalue weighted by Gasteiger charge is -2.12. The molecule has 1 heterocycles. The fourth-order valence-corrected chi connectivity index (χ4v) is 1.82. The number of nitrogens with one attached hydrogen (secondary N) is 1. The fraction of sp³-hybridized carbons (Fsp3) is 0.357. The first-order valence-corrected chi connectivity index (χ1v) is 6.04. The number of fused-ring (bicyclic) bond motifs is 1. The lowest BCUT2D eigenvalue weighted by molar-refractivity contribution is 0.175. The molecule has 1 atom stereocenters. The van der Waals surface area contributed by atoms with Crippen molar-refractivity contribution in [1.82, 2.24) is 10.3 Å². The highest BCUT2D eigenvalue weighted by Gasteiger charge is 2.07. The molecule has 2 N–H and O–H groups in total. The van der Waals surface area contributed by atoms with Gasteiger partial charge in [0, 0.05) is 18.1 Å². The molecule has 3 nitrogen and oxygen atoms in total. The second-order valence-corrected chi connectivity index (χ2v) is 4.18. The van der Waals surface area contributed by atoms with Gasteiger partial charge >= 0.3 is 0 Å². The number of benzene rings is 1. The number of hydrogen-bond acceptors (Lipinski definition) is 3. The Morgan fingerprint density at radius 2 is 2.24 bits per heavy atom. The molecular formula is C14H18N2O. The van der Waals surface area contributed by atoms with Crippen molar-refractivity contribution < 1.29 is 5.11 Å². The maximum Gasteiger partial charge on any atom is 0.0915 e. The van der Waals surface area contributed by atoms with Gasteiger partial charge in [-0.2, -0.15) is 0 Å². The van der Waals surface area contributed by atoms with Gasteiger partial charge in [-0.15, -0.1) is 0 Å². The van der Waals surface area contributed by atoms with Crippen LogP contribution in [0.1, 0.15) is 25.0 Å². The van der Waals surface area contributed by atoms with Gasteiger partial charge in [0.2, 0.25) is 0 Å². The highest BCUT2D eigenvalue weighted by atomic mass is 16.3. The Morgan fingerprint density at radius 1 is 1.35 bits per heavy atom. The van der Waals surface area contributed by atoms with Crippen LogP contribution in [-0.2, 0) is 0 Å². The quantitative estimate of drug-likeness (QED) is 0.774. The van der Waals surface area contributed by atoms with Crippen molar-refractivity contribution in [1.29, 1.82) is 0 Å². The lowest BCUT2D eigenvalue weighted by atomic mass is 10.1. The van der Waals surface area contributed by atoms with Gasteiger partial charge in [-0.3, -0.25) is 4.98 Å². The largest absolute Gasteiger partial charge is 0.387 e. The summed E-state index contributed by atoms with van der Waals surface area (Å²) in [6.45, 7) is 3.63. The van der Waals surface area contributed by atoms with Gasteiger partial charge in [0.25, 0.3) is 0 Å². The minimum atomic E-state index is -0.465. The highest BCUT2D eigenvalue weighted by molar-refractivity contribution is 5.78. The summed E-state index contributed by atoms with van der Waals surface area (Å²) in [6, 6.07) is 9.85. The fourth-order valence-electron chi connectivity index (χ4n) is 1.82. The molecular weight excluding hydrogens is 212 g/mol. The standard InChI is InChI=1S/C14H18N2O/c1-2-7-15-10-14(17)12-6-5-11-4-3-8-16-13(11)9-12/h3-6,8-9,14-15,17H,2,7,10H2,1H3. The molecule has 0 aliphatic heterocycles. The van der Waals surface area contributed by atoms with Crippen LogP contribution in [0.4, 0.5) is 0 Å². The third-order valence-electron chi connectivity index (χ3n) is 2.78. The highest BCUT2D eigenvalue weighted by Crippen LogP contribution is 2.18. The molecule has 1 unspecified atom stereocenters. The monoisotopic (exact) mass is 230 g/mol. The molecule has 0 saturated carbocycles. The zero-order chi connectivity index (χ0) is 12.1. The van der Waals surface area contributed by atoms with Crippen LogP contribution in [0.2, 0.25) is 0 Å². The number of aliphatic hydroxyl groups is 1. The van der Waals surface area contributed by atoms with Crippen LogP contribution in [-0.4, -0.2) is 23.2 Å². The Balaban J connectivity index is 2.12. The van der Waals surface area contributed by atoms with E-state index < -0.39 is 6.10 Å². The molecule has 0 bridgehead atoms. The normalized spacial score (nSPS) is 12.8. The molecule has 90 valence electrons. The zero-order valence-electron chi connectivity index (χ0n) is 10.1. The molecule has 17 heavy (non-hydrogen) atoms. The van der Waals surface area contributed by atoms with Gasteiger partial charge in [0.05, 0.1) is 11.6 Å². The van der Waals surface area contributed by atoms with E-state index in [1.807, 2.05) is 30.3 Å². The van der Waals surface area contributed by atoms with E-state index in [4.69, 9.17) is 0 Å². The van der Waals surface area contributed by atoms with E-state index in [0.29, 0.717) is 6.54 Å². The van der Waals surface area contributed by atoms with E-state index in [9.17, 15) is 5.11 Å². The topological polar surface area (TPSA) is 45.1 Å². The van der Waals surface area contributed by atoms with Gasteiger partial charge in [-0.25, -0.2) is 0 Å². The van der Waals surface area contributed by atoms with Crippen LogP contribution < -0.4 is 5.32 Å². The molecule has 1 aromatic heterocycles. The molecule has 3 heteroatoms. The van der Waals surface area contributed by atoms with Crippen molar-refractivity contribution in [3.63, 3.8) is 0 Å². The first-order chi connectivity index (χ1) is 8.31. The van der Waals surface area contributed by atoms with Crippen LogP contribution in [0.5, 0.6) is 0 Å². The van der Waals surface area contributed by atoms with E-state index >= 15 is 0 Å². The van der Waals surface area contributed by atoms with Crippen LogP contribution in [0.25, 0.3) is 10.9 Å². The summed E-state index contributed by atoms with van der Waals surface area (Å²) in [7, 11) is 0. The number of nitrogens with zero attached hydrogens (tertiary/aromatic N) is 1. The molecule has 0 aliphatic rings. The molecule has 0 saturated heterocycles. The van der Waals surface area contributed by atoms with Crippen LogP contribution >= 0.6 is 0 Å².